The van der Waals surface area contributed by atoms with E-state index in [9.17, 15) is 0 Å². The van der Waals surface area contributed by atoms with Crippen molar-refractivity contribution in [1.82, 2.24) is 10.3 Å². The number of nitrogens with one attached hydrogen (secondary N) is 1. The molecule has 0 radical (unpaired) electrons. The van der Waals surface area contributed by atoms with Gasteiger partial charge in [0.2, 0.25) is 0 Å². The Morgan fingerprint density at radius 1 is 1.21 bits per heavy atom. The lowest BCUT2D eigenvalue weighted by Gasteiger charge is -2.32. The highest BCUT2D eigenvalue weighted by Gasteiger charge is 2.33. The Morgan fingerprint density at radius 3 is 2.68 bits per heavy atom. The summed E-state index contributed by atoms with van der Waals surface area (Å²) >= 11 is 1.98. The highest BCUT2D eigenvalue weighted by atomic mass is 32.1. The molecule has 0 spiro atoms. The fourth-order valence-corrected chi connectivity index (χ4v) is 4.38. The first-order chi connectivity index (χ1) is 9.25. The predicted octanol–water partition coefficient (Wildman–Crippen LogP) is 4.43. The molecule has 0 saturated carbocycles. The molecule has 0 aliphatic heterocycles. The zero-order chi connectivity index (χ0) is 13.7. The van der Waals surface area contributed by atoms with Gasteiger partial charge in [-0.3, -0.25) is 0 Å². The molecule has 19 heavy (non-hydrogen) atoms. The first kappa shape index (κ1) is 15.0. The number of nitrogens with zero attached hydrogens (tertiary/aromatic N) is 1. The minimum Gasteiger partial charge on any atom is -0.305 e. The molecule has 1 aliphatic carbocycles. The quantitative estimate of drug-likeness (QED) is 0.762. The van der Waals surface area contributed by atoms with Crippen LogP contribution in [0.4, 0.5) is 0 Å². The number of unbranched alkanes of at least 4 members (excludes halogenated alkanes) is 1. The van der Waals surface area contributed by atoms with Gasteiger partial charge >= 0.3 is 0 Å². The van der Waals surface area contributed by atoms with E-state index in [2.05, 4.69) is 26.1 Å². The molecule has 108 valence electrons. The summed E-state index contributed by atoms with van der Waals surface area (Å²) in [5.41, 5.74) is 1.54. The van der Waals surface area contributed by atoms with E-state index in [0.717, 1.165) is 13.0 Å². The van der Waals surface area contributed by atoms with Crippen LogP contribution >= 0.6 is 11.3 Å². The summed E-state index contributed by atoms with van der Waals surface area (Å²) in [7, 11) is 0. The van der Waals surface area contributed by atoms with Gasteiger partial charge in [0.1, 0.15) is 5.01 Å². The molecule has 2 nitrogen and oxygen atoms in total. The number of aromatic nitrogens is 1. The minimum absolute atomic E-state index is 0.140. The summed E-state index contributed by atoms with van der Waals surface area (Å²) in [4.78, 5) is 6.55. The van der Waals surface area contributed by atoms with Gasteiger partial charge in [0.05, 0.1) is 11.2 Å². The summed E-state index contributed by atoms with van der Waals surface area (Å²) in [6.07, 6.45) is 9.90. The number of aryl methyl sites for hydroxylation is 2. The molecule has 0 amide bonds. The Kier molecular flexibility index (Phi) is 5.40. The maximum absolute atomic E-state index is 5.00. The molecule has 1 atom stereocenters. The minimum atomic E-state index is 0.140. The van der Waals surface area contributed by atoms with Crippen LogP contribution in [0.3, 0.4) is 0 Å². The highest BCUT2D eigenvalue weighted by molar-refractivity contribution is 7.12. The molecule has 0 saturated heterocycles. The van der Waals surface area contributed by atoms with E-state index in [0.29, 0.717) is 0 Å². The van der Waals surface area contributed by atoms with E-state index < -0.39 is 0 Å². The van der Waals surface area contributed by atoms with Crippen LogP contribution in [0.5, 0.6) is 0 Å². The van der Waals surface area contributed by atoms with Crippen molar-refractivity contribution < 1.29 is 0 Å². The van der Waals surface area contributed by atoms with E-state index in [-0.39, 0.29) is 5.54 Å². The van der Waals surface area contributed by atoms with Gasteiger partial charge in [-0.15, -0.1) is 11.3 Å². The molecule has 1 aromatic heterocycles. The van der Waals surface area contributed by atoms with Crippen LogP contribution in [0.2, 0.25) is 0 Å². The zero-order valence-electron chi connectivity index (χ0n) is 12.7. The lowest BCUT2D eigenvalue weighted by atomic mass is 9.90. The van der Waals surface area contributed by atoms with Crippen LogP contribution < -0.4 is 5.32 Å². The first-order valence-corrected chi connectivity index (χ1v) is 8.81. The average molecular weight is 280 g/mol. The molecule has 1 heterocycles. The third-order valence-corrected chi connectivity index (χ3v) is 5.64. The Hall–Kier alpha value is -0.410. The number of fused-ring (bicyclic) bond motifs is 1. The van der Waals surface area contributed by atoms with Crippen molar-refractivity contribution in [2.45, 2.75) is 77.7 Å². The van der Waals surface area contributed by atoms with Crippen molar-refractivity contribution >= 4 is 11.3 Å². The molecule has 0 fully saturated rings. The van der Waals surface area contributed by atoms with E-state index in [1.54, 1.807) is 4.88 Å². The average Bonchev–Trinajstić information content (AvgIpc) is 3.01. The number of hydrogen-bond acceptors (Lipinski definition) is 3. The number of rotatable bonds is 8. The molecule has 1 N–H and O–H groups in total. The van der Waals surface area contributed by atoms with Gasteiger partial charge in [0, 0.05) is 4.88 Å². The van der Waals surface area contributed by atoms with Crippen LogP contribution in [-0.2, 0) is 18.4 Å². The topological polar surface area (TPSA) is 24.9 Å². The maximum atomic E-state index is 5.00. The largest absolute Gasteiger partial charge is 0.305 e. The lowest BCUT2D eigenvalue weighted by molar-refractivity contribution is 0.287. The Morgan fingerprint density at radius 2 is 2.05 bits per heavy atom. The van der Waals surface area contributed by atoms with E-state index in [1.165, 1.54) is 55.6 Å². The summed E-state index contributed by atoms with van der Waals surface area (Å²) in [6, 6.07) is 0. The van der Waals surface area contributed by atoms with Crippen molar-refractivity contribution in [2.75, 3.05) is 6.54 Å². The number of thiazole rings is 1. The Bertz CT molecular complexity index is 368. The van der Waals surface area contributed by atoms with Crippen LogP contribution in [-0.4, -0.2) is 11.5 Å². The Labute approximate surface area is 122 Å². The molecule has 2 rings (SSSR count). The predicted molar refractivity (Wildman–Crippen MR) is 83.9 cm³/mol. The second kappa shape index (κ2) is 6.85. The fraction of sp³-hybridized carbons (Fsp3) is 0.812. The zero-order valence-corrected chi connectivity index (χ0v) is 13.5. The molecule has 0 bridgehead atoms. The Balaban J connectivity index is 2.22. The molecule has 1 aliphatic rings. The summed E-state index contributed by atoms with van der Waals surface area (Å²) in [6.45, 7) is 7.93. The van der Waals surface area contributed by atoms with Crippen molar-refractivity contribution in [3.05, 3.63) is 15.6 Å². The van der Waals surface area contributed by atoms with Gasteiger partial charge in [-0.25, -0.2) is 4.98 Å². The summed E-state index contributed by atoms with van der Waals surface area (Å²) < 4.78 is 0. The molecule has 1 aromatic rings. The lowest BCUT2D eigenvalue weighted by Crippen LogP contribution is -2.42. The second-order valence-corrected chi connectivity index (χ2v) is 6.79. The van der Waals surface area contributed by atoms with Gasteiger partial charge < -0.3 is 5.32 Å². The smallest absolute Gasteiger partial charge is 0.113 e. The van der Waals surface area contributed by atoms with E-state index in [1.807, 2.05) is 11.3 Å². The fourth-order valence-electron chi connectivity index (χ4n) is 2.96. The highest BCUT2D eigenvalue weighted by Crippen LogP contribution is 2.37. The monoisotopic (exact) mass is 280 g/mol. The van der Waals surface area contributed by atoms with Crippen molar-refractivity contribution in [3.63, 3.8) is 0 Å². The summed E-state index contributed by atoms with van der Waals surface area (Å²) in [5.74, 6) is 0. The van der Waals surface area contributed by atoms with Gasteiger partial charge in [0.25, 0.3) is 0 Å². The molecule has 3 heteroatoms. The summed E-state index contributed by atoms with van der Waals surface area (Å²) in [5, 5.41) is 5.18. The van der Waals surface area contributed by atoms with Gasteiger partial charge in [0.15, 0.2) is 0 Å². The van der Waals surface area contributed by atoms with Crippen LogP contribution in [0.25, 0.3) is 0 Å². The van der Waals surface area contributed by atoms with Crippen LogP contribution in [0.15, 0.2) is 0 Å². The first-order valence-electron chi connectivity index (χ1n) is 7.99. The molecular weight excluding hydrogens is 252 g/mol. The van der Waals surface area contributed by atoms with Gasteiger partial charge in [-0.05, 0) is 45.1 Å². The van der Waals surface area contributed by atoms with Crippen LogP contribution in [0, 0.1) is 0 Å². The normalized spacial score (nSPS) is 17.4. The second-order valence-electron chi connectivity index (χ2n) is 5.71. The molecule has 1 unspecified atom stereocenters. The third kappa shape index (κ3) is 3.19. The molecular formula is C16H28N2S. The van der Waals surface area contributed by atoms with Crippen molar-refractivity contribution in [2.24, 2.45) is 0 Å². The van der Waals surface area contributed by atoms with Crippen molar-refractivity contribution in [3.8, 4) is 0 Å². The third-order valence-electron chi connectivity index (χ3n) is 4.28. The number of hydrogen-bond donors (Lipinski definition) is 1. The van der Waals surface area contributed by atoms with Crippen LogP contribution in [0.1, 0.15) is 74.9 Å². The van der Waals surface area contributed by atoms with Gasteiger partial charge in [-0.1, -0.05) is 33.6 Å². The standard InChI is InChI=1S/C16H28N2S/c1-4-7-11-16(6-3,17-12-5-2)15-18-13-9-8-10-14(13)19-15/h17H,4-12H2,1-3H3. The molecule has 0 aromatic carbocycles. The van der Waals surface area contributed by atoms with Crippen molar-refractivity contribution in [1.29, 1.82) is 0 Å². The van der Waals surface area contributed by atoms with Gasteiger partial charge in [-0.2, -0.15) is 0 Å². The van der Waals surface area contributed by atoms with E-state index >= 15 is 0 Å². The SMILES string of the molecule is CCCCC(CC)(NCCC)c1nc2c(s1)CCC2. The van der Waals surface area contributed by atoms with E-state index in [4.69, 9.17) is 4.98 Å². The maximum Gasteiger partial charge on any atom is 0.113 e.